The molecule has 5 nitrogen and oxygen atoms in total. The number of aromatic carboxylic acids is 1. The molecule has 1 N–H and O–H groups in total. The number of hydrogen-bond donors (Lipinski definition) is 1. The van der Waals surface area contributed by atoms with E-state index >= 15 is 0 Å². The van der Waals surface area contributed by atoms with Crippen molar-refractivity contribution in [2.75, 3.05) is 7.11 Å². The molecule has 0 aliphatic rings. The second-order valence-corrected chi connectivity index (χ2v) is 4.23. The van der Waals surface area contributed by atoms with Crippen molar-refractivity contribution >= 4 is 17.6 Å². The third-order valence-corrected chi connectivity index (χ3v) is 3.21. The quantitative estimate of drug-likeness (QED) is 0.934. The molecule has 2 aromatic rings. The van der Waals surface area contributed by atoms with E-state index < -0.39 is 5.97 Å². The minimum Gasteiger partial charge on any atom is -0.496 e. The predicted molar refractivity (Wildman–Crippen MR) is 70.7 cm³/mol. The van der Waals surface area contributed by atoms with Crippen LogP contribution in [0.5, 0.6) is 5.75 Å². The molecule has 0 aliphatic carbocycles. The fourth-order valence-corrected chi connectivity index (χ4v) is 1.96. The summed E-state index contributed by atoms with van der Waals surface area (Å²) in [5, 5.41) is 9.40. The molecule has 0 atom stereocenters. The monoisotopic (exact) mass is 278 g/mol. The van der Waals surface area contributed by atoms with E-state index in [1.165, 1.54) is 12.4 Å². The Bertz CT molecular complexity index is 644. The maximum Gasteiger partial charge on any atom is 0.354 e. The highest BCUT2D eigenvalue weighted by Gasteiger charge is 2.13. The van der Waals surface area contributed by atoms with Gasteiger partial charge in [-0.05, 0) is 25.1 Å². The van der Waals surface area contributed by atoms with Gasteiger partial charge in [0.25, 0.3) is 0 Å². The molecule has 0 unspecified atom stereocenters. The number of ether oxygens (including phenoxy) is 1. The minimum atomic E-state index is -1.11. The van der Waals surface area contributed by atoms with Crippen LogP contribution in [0.15, 0.2) is 24.5 Å². The summed E-state index contributed by atoms with van der Waals surface area (Å²) in [6.45, 7) is 1.82. The van der Waals surface area contributed by atoms with Crippen molar-refractivity contribution in [3.8, 4) is 17.0 Å². The molecule has 0 fully saturated rings. The van der Waals surface area contributed by atoms with Crippen LogP contribution in [0.2, 0.25) is 5.02 Å². The van der Waals surface area contributed by atoms with E-state index in [9.17, 15) is 4.79 Å². The van der Waals surface area contributed by atoms with E-state index in [0.717, 1.165) is 5.56 Å². The number of nitrogens with zero attached hydrogens (tertiary/aromatic N) is 2. The molecule has 0 radical (unpaired) electrons. The number of benzene rings is 1. The Kier molecular flexibility index (Phi) is 3.66. The summed E-state index contributed by atoms with van der Waals surface area (Å²) >= 11 is 6.26. The highest BCUT2D eigenvalue weighted by molar-refractivity contribution is 6.34. The molecule has 0 saturated heterocycles. The van der Waals surface area contributed by atoms with Crippen LogP contribution in [0.4, 0.5) is 0 Å². The molecule has 0 saturated carbocycles. The van der Waals surface area contributed by atoms with Gasteiger partial charge in [-0.25, -0.2) is 14.8 Å². The third-order valence-electron chi connectivity index (χ3n) is 2.72. The van der Waals surface area contributed by atoms with Crippen LogP contribution in [0.25, 0.3) is 11.3 Å². The van der Waals surface area contributed by atoms with Gasteiger partial charge in [-0.2, -0.15) is 0 Å². The van der Waals surface area contributed by atoms with Gasteiger partial charge in [0.1, 0.15) is 12.1 Å². The summed E-state index contributed by atoms with van der Waals surface area (Å²) in [7, 11) is 1.56. The second kappa shape index (κ2) is 5.24. The zero-order valence-corrected chi connectivity index (χ0v) is 11.1. The first-order chi connectivity index (χ1) is 9.04. The lowest BCUT2D eigenvalue weighted by molar-refractivity contribution is 0.0690. The predicted octanol–water partition coefficient (Wildman–Crippen LogP) is 2.81. The topological polar surface area (TPSA) is 72.3 Å². The van der Waals surface area contributed by atoms with Crippen molar-refractivity contribution in [2.24, 2.45) is 0 Å². The van der Waals surface area contributed by atoms with E-state index in [1.807, 2.05) is 6.92 Å². The Morgan fingerprint density at radius 2 is 2.11 bits per heavy atom. The summed E-state index contributed by atoms with van der Waals surface area (Å²) in [5.41, 5.74) is 1.81. The van der Waals surface area contributed by atoms with Gasteiger partial charge in [-0.3, -0.25) is 0 Å². The average Bonchev–Trinajstić information content (AvgIpc) is 2.42. The molecule has 0 aliphatic heterocycles. The first kappa shape index (κ1) is 13.3. The van der Waals surface area contributed by atoms with E-state index in [4.69, 9.17) is 21.4 Å². The SMILES string of the molecule is COc1ccc(-c2cc(C(=O)O)ncn2)c(Cl)c1C. The van der Waals surface area contributed by atoms with Gasteiger partial charge in [-0.1, -0.05) is 11.6 Å². The molecule has 1 aromatic carbocycles. The Hall–Kier alpha value is -2.14. The molecular weight excluding hydrogens is 268 g/mol. The van der Waals surface area contributed by atoms with Gasteiger partial charge in [-0.15, -0.1) is 0 Å². The number of methoxy groups -OCH3 is 1. The highest BCUT2D eigenvalue weighted by Crippen LogP contribution is 2.34. The zero-order valence-electron chi connectivity index (χ0n) is 10.3. The molecule has 98 valence electrons. The first-order valence-electron chi connectivity index (χ1n) is 5.43. The fraction of sp³-hybridized carbons (Fsp3) is 0.154. The number of carboxylic acids is 1. The molecule has 0 spiro atoms. The molecule has 2 rings (SSSR count). The summed E-state index contributed by atoms with van der Waals surface area (Å²) in [4.78, 5) is 18.6. The first-order valence-corrected chi connectivity index (χ1v) is 5.81. The number of carbonyl (C=O) groups is 1. The number of aromatic nitrogens is 2. The van der Waals surface area contributed by atoms with Crippen LogP contribution < -0.4 is 4.74 Å². The summed E-state index contributed by atoms with van der Waals surface area (Å²) in [6, 6.07) is 4.89. The number of rotatable bonds is 3. The zero-order chi connectivity index (χ0) is 14.0. The van der Waals surface area contributed by atoms with Crippen LogP contribution in [0.3, 0.4) is 0 Å². The molecule has 0 amide bonds. The Morgan fingerprint density at radius 3 is 2.74 bits per heavy atom. The number of carboxylic acid groups (broad SMARTS) is 1. The third kappa shape index (κ3) is 2.51. The molecule has 1 heterocycles. The normalized spacial score (nSPS) is 10.3. The Balaban J connectivity index is 2.56. The number of halogens is 1. The van der Waals surface area contributed by atoms with Crippen LogP contribution in [-0.4, -0.2) is 28.2 Å². The van der Waals surface area contributed by atoms with Crippen LogP contribution >= 0.6 is 11.6 Å². The van der Waals surface area contributed by atoms with Crippen molar-refractivity contribution in [3.05, 3.63) is 40.8 Å². The fourth-order valence-electron chi connectivity index (χ4n) is 1.71. The molecule has 0 bridgehead atoms. The van der Waals surface area contributed by atoms with E-state index in [0.29, 0.717) is 22.0 Å². The van der Waals surface area contributed by atoms with Crippen molar-refractivity contribution in [1.29, 1.82) is 0 Å². The average molecular weight is 279 g/mol. The van der Waals surface area contributed by atoms with Gasteiger partial charge in [0, 0.05) is 11.1 Å². The van der Waals surface area contributed by atoms with Gasteiger partial charge >= 0.3 is 5.97 Å². The second-order valence-electron chi connectivity index (χ2n) is 3.85. The van der Waals surface area contributed by atoms with E-state index in [2.05, 4.69) is 9.97 Å². The lowest BCUT2D eigenvalue weighted by Crippen LogP contribution is -2.01. The summed E-state index contributed by atoms with van der Waals surface area (Å²) in [5.74, 6) is -0.439. The number of hydrogen-bond acceptors (Lipinski definition) is 4. The molecule has 6 heteroatoms. The van der Waals surface area contributed by atoms with Crippen molar-refractivity contribution < 1.29 is 14.6 Å². The van der Waals surface area contributed by atoms with Gasteiger partial charge in [0.15, 0.2) is 5.69 Å². The van der Waals surface area contributed by atoms with Crippen LogP contribution in [0.1, 0.15) is 16.1 Å². The largest absolute Gasteiger partial charge is 0.496 e. The lowest BCUT2D eigenvalue weighted by atomic mass is 10.1. The summed E-state index contributed by atoms with van der Waals surface area (Å²) < 4.78 is 5.17. The van der Waals surface area contributed by atoms with Crippen molar-refractivity contribution in [2.45, 2.75) is 6.92 Å². The van der Waals surface area contributed by atoms with Crippen LogP contribution in [-0.2, 0) is 0 Å². The highest BCUT2D eigenvalue weighted by atomic mass is 35.5. The molecular formula is C13H11ClN2O3. The van der Waals surface area contributed by atoms with Crippen molar-refractivity contribution in [1.82, 2.24) is 9.97 Å². The van der Waals surface area contributed by atoms with Gasteiger partial charge in [0.05, 0.1) is 17.8 Å². The van der Waals surface area contributed by atoms with E-state index in [1.54, 1.807) is 19.2 Å². The molecule has 1 aromatic heterocycles. The minimum absolute atomic E-state index is 0.0745. The standard InChI is InChI=1S/C13H11ClN2O3/c1-7-11(19-2)4-3-8(12(7)14)9-5-10(13(17)18)16-6-15-9/h3-6H,1-2H3,(H,17,18). The smallest absolute Gasteiger partial charge is 0.354 e. The van der Waals surface area contributed by atoms with E-state index in [-0.39, 0.29) is 5.69 Å². The van der Waals surface area contributed by atoms with Crippen LogP contribution in [0, 0.1) is 6.92 Å². The van der Waals surface area contributed by atoms with Crippen molar-refractivity contribution in [3.63, 3.8) is 0 Å². The van der Waals surface area contributed by atoms with Gasteiger partial charge < -0.3 is 9.84 Å². The van der Waals surface area contributed by atoms with Gasteiger partial charge in [0.2, 0.25) is 0 Å². The maximum absolute atomic E-state index is 10.9. The Labute approximate surface area is 114 Å². The lowest BCUT2D eigenvalue weighted by Gasteiger charge is -2.10. The maximum atomic E-state index is 10.9. The summed E-state index contributed by atoms with van der Waals surface area (Å²) in [6.07, 6.45) is 1.20. The Morgan fingerprint density at radius 1 is 1.37 bits per heavy atom. The molecule has 19 heavy (non-hydrogen) atoms.